The third kappa shape index (κ3) is 5.47. The second-order valence-corrected chi connectivity index (χ2v) is 10.5. The van der Waals surface area contributed by atoms with Gasteiger partial charge in [0.2, 0.25) is 10.0 Å². The van der Waals surface area contributed by atoms with Gasteiger partial charge in [0.15, 0.2) is 0 Å². The van der Waals surface area contributed by atoms with Crippen molar-refractivity contribution in [2.24, 2.45) is 0 Å². The van der Waals surface area contributed by atoms with Crippen molar-refractivity contribution in [1.82, 2.24) is 9.62 Å². The summed E-state index contributed by atoms with van der Waals surface area (Å²) in [4.78, 5) is 17.2. The maximum atomic E-state index is 14.6. The summed E-state index contributed by atoms with van der Waals surface area (Å²) in [5.41, 5.74) is 2.19. The number of hydrogen-bond acceptors (Lipinski definition) is 5. The molecule has 33 heavy (non-hydrogen) atoms. The lowest BCUT2D eigenvalue weighted by molar-refractivity contribution is 0.0951. The normalized spacial score (nSPS) is 14.1. The first-order valence-corrected chi connectivity index (χ1v) is 12.8. The van der Waals surface area contributed by atoms with Crippen LogP contribution in [0.1, 0.15) is 42.6 Å². The monoisotopic (exact) mass is 476 g/mol. The highest BCUT2D eigenvalue weighted by atomic mass is 32.2. The molecule has 0 atom stereocenters. The molecular weight excluding hydrogens is 443 g/mol. The van der Waals surface area contributed by atoms with Gasteiger partial charge in [-0.1, -0.05) is 6.07 Å². The van der Waals surface area contributed by atoms with Gasteiger partial charge in [-0.25, -0.2) is 17.1 Å². The Morgan fingerprint density at radius 3 is 2.30 bits per heavy atom. The summed E-state index contributed by atoms with van der Waals surface area (Å²) in [6, 6.07) is 9.63. The molecule has 1 heterocycles. The summed E-state index contributed by atoms with van der Waals surface area (Å²) in [5.74, 6) is -0.719. The summed E-state index contributed by atoms with van der Waals surface area (Å²) in [6.45, 7) is 7.12. The Kier molecular flexibility index (Phi) is 7.97. The Bertz CT molecular complexity index is 1090. The van der Waals surface area contributed by atoms with Gasteiger partial charge in [0.25, 0.3) is 5.91 Å². The van der Waals surface area contributed by atoms with Gasteiger partial charge in [0, 0.05) is 52.5 Å². The van der Waals surface area contributed by atoms with Gasteiger partial charge in [-0.3, -0.25) is 4.79 Å². The summed E-state index contributed by atoms with van der Waals surface area (Å²) >= 11 is 0. The van der Waals surface area contributed by atoms with E-state index in [4.69, 9.17) is 0 Å². The van der Waals surface area contributed by atoms with Gasteiger partial charge in [0.1, 0.15) is 5.82 Å². The molecule has 1 N–H and O–H groups in total. The van der Waals surface area contributed by atoms with Crippen LogP contribution in [-0.2, 0) is 16.6 Å². The summed E-state index contributed by atoms with van der Waals surface area (Å²) in [6.07, 6.45) is 2.05. The molecule has 9 heteroatoms. The first kappa shape index (κ1) is 25.0. The predicted molar refractivity (Wildman–Crippen MR) is 130 cm³/mol. The van der Waals surface area contributed by atoms with Crippen LogP contribution in [0.4, 0.5) is 15.8 Å². The van der Waals surface area contributed by atoms with Gasteiger partial charge in [-0.05, 0) is 62.6 Å². The molecule has 3 rings (SSSR count). The van der Waals surface area contributed by atoms with Crippen molar-refractivity contribution >= 4 is 27.3 Å². The molecule has 1 amide bonds. The largest absolute Gasteiger partial charge is 0.371 e. The average molecular weight is 477 g/mol. The molecule has 0 unspecified atom stereocenters. The first-order valence-electron chi connectivity index (χ1n) is 11.3. The SMILES string of the molecule is CCN(CC)c1ccc(CNC(=O)c2cc(S(=O)(=O)N(C)C)ccc2N2CCCC2)cc1F. The van der Waals surface area contributed by atoms with E-state index in [9.17, 15) is 17.6 Å². The van der Waals surface area contributed by atoms with E-state index in [2.05, 4.69) is 10.2 Å². The minimum absolute atomic E-state index is 0.0650. The Balaban J connectivity index is 1.85. The Hall–Kier alpha value is -2.65. The molecule has 0 saturated carbocycles. The Morgan fingerprint density at radius 2 is 1.73 bits per heavy atom. The van der Waals surface area contributed by atoms with Crippen LogP contribution < -0.4 is 15.1 Å². The molecule has 1 aliphatic rings. The number of sulfonamides is 1. The molecule has 1 fully saturated rings. The molecule has 1 aliphatic heterocycles. The maximum absolute atomic E-state index is 14.6. The molecule has 0 spiro atoms. The fourth-order valence-corrected chi connectivity index (χ4v) is 4.99. The smallest absolute Gasteiger partial charge is 0.253 e. The molecule has 1 saturated heterocycles. The lowest BCUT2D eigenvalue weighted by atomic mass is 10.1. The Labute approximate surface area is 196 Å². The third-order valence-corrected chi connectivity index (χ3v) is 7.82. The van der Waals surface area contributed by atoms with Crippen molar-refractivity contribution in [2.45, 2.75) is 38.1 Å². The second kappa shape index (κ2) is 10.5. The summed E-state index contributed by atoms with van der Waals surface area (Å²) in [5, 5.41) is 2.84. The fourth-order valence-electron chi connectivity index (χ4n) is 4.06. The highest BCUT2D eigenvalue weighted by Gasteiger charge is 2.24. The quantitative estimate of drug-likeness (QED) is 0.600. The van der Waals surface area contributed by atoms with E-state index in [1.807, 2.05) is 18.7 Å². The predicted octanol–water partition coefficient (Wildman–Crippen LogP) is 3.45. The standard InChI is InChI=1S/C24H33FN4O3S/c1-5-28(6-2)23-11-9-18(15-21(23)25)17-26-24(30)20-16-19(33(31,32)27(3)4)10-12-22(20)29-13-7-8-14-29/h9-12,15-16H,5-8,13-14,17H2,1-4H3,(H,26,30). The van der Waals surface area contributed by atoms with Crippen molar-refractivity contribution in [3.05, 3.63) is 53.3 Å². The van der Waals surface area contributed by atoms with Gasteiger partial charge in [-0.15, -0.1) is 0 Å². The minimum atomic E-state index is -3.68. The minimum Gasteiger partial charge on any atom is -0.371 e. The zero-order valence-corrected chi connectivity index (χ0v) is 20.6. The molecule has 2 aromatic carbocycles. The zero-order chi connectivity index (χ0) is 24.2. The molecule has 0 bridgehead atoms. The van der Waals surface area contributed by atoms with Crippen LogP contribution in [-0.4, -0.2) is 58.9 Å². The number of halogens is 1. The van der Waals surface area contributed by atoms with Crippen LogP contribution in [0.5, 0.6) is 0 Å². The van der Waals surface area contributed by atoms with E-state index in [-0.39, 0.29) is 23.2 Å². The van der Waals surface area contributed by atoms with Crippen molar-refractivity contribution in [2.75, 3.05) is 50.1 Å². The lowest BCUT2D eigenvalue weighted by Gasteiger charge is -2.23. The molecule has 180 valence electrons. The Morgan fingerprint density at radius 1 is 1.06 bits per heavy atom. The number of rotatable bonds is 9. The number of carbonyl (C=O) groups is 1. The number of amides is 1. The van der Waals surface area contributed by atoms with E-state index >= 15 is 0 Å². The molecule has 0 radical (unpaired) electrons. The van der Waals surface area contributed by atoms with E-state index < -0.39 is 10.0 Å². The van der Waals surface area contributed by atoms with Crippen LogP contribution >= 0.6 is 0 Å². The van der Waals surface area contributed by atoms with Crippen LogP contribution in [0.15, 0.2) is 41.3 Å². The molecule has 0 aliphatic carbocycles. The molecular formula is C24H33FN4O3S. The third-order valence-electron chi connectivity index (χ3n) is 6.01. The fraction of sp³-hybridized carbons (Fsp3) is 0.458. The topological polar surface area (TPSA) is 73.0 Å². The highest BCUT2D eigenvalue weighted by molar-refractivity contribution is 7.89. The maximum Gasteiger partial charge on any atom is 0.253 e. The van der Waals surface area contributed by atoms with E-state index in [1.54, 1.807) is 24.3 Å². The van der Waals surface area contributed by atoms with Gasteiger partial charge < -0.3 is 15.1 Å². The van der Waals surface area contributed by atoms with Crippen molar-refractivity contribution in [3.63, 3.8) is 0 Å². The number of nitrogens with one attached hydrogen (secondary N) is 1. The van der Waals surface area contributed by atoms with Crippen molar-refractivity contribution in [3.8, 4) is 0 Å². The average Bonchev–Trinajstić information content (AvgIpc) is 3.33. The zero-order valence-electron chi connectivity index (χ0n) is 19.8. The highest BCUT2D eigenvalue weighted by Crippen LogP contribution is 2.28. The second-order valence-electron chi connectivity index (χ2n) is 8.30. The summed E-state index contributed by atoms with van der Waals surface area (Å²) < 4.78 is 41.0. The van der Waals surface area contributed by atoms with E-state index in [0.29, 0.717) is 35.6 Å². The number of anilines is 2. The van der Waals surface area contributed by atoms with Crippen molar-refractivity contribution in [1.29, 1.82) is 0 Å². The number of benzene rings is 2. The van der Waals surface area contributed by atoms with E-state index in [1.165, 1.54) is 26.2 Å². The summed E-state index contributed by atoms with van der Waals surface area (Å²) in [7, 11) is -0.767. The van der Waals surface area contributed by atoms with Gasteiger partial charge >= 0.3 is 0 Å². The van der Waals surface area contributed by atoms with Crippen LogP contribution in [0.25, 0.3) is 0 Å². The first-order chi connectivity index (χ1) is 15.7. The van der Waals surface area contributed by atoms with Crippen molar-refractivity contribution < 1.29 is 17.6 Å². The number of carbonyl (C=O) groups excluding carboxylic acids is 1. The number of nitrogens with zero attached hydrogens (tertiary/aromatic N) is 3. The molecule has 2 aromatic rings. The van der Waals surface area contributed by atoms with Crippen LogP contribution in [0.3, 0.4) is 0 Å². The lowest BCUT2D eigenvalue weighted by Crippen LogP contribution is -2.28. The van der Waals surface area contributed by atoms with Gasteiger partial charge in [0.05, 0.1) is 16.1 Å². The van der Waals surface area contributed by atoms with Crippen LogP contribution in [0.2, 0.25) is 0 Å². The van der Waals surface area contributed by atoms with Gasteiger partial charge in [-0.2, -0.15) is 0 Å². The molecule has 7 nitrogen and oxygen atoms in total. The number of hydrogen-bond donors (Lipinski definition) is 1. The molecule has 0 aromatic heterocycles. The van der Waals surface area contributed by atoms with E-state index in [0.717, 1.165) is 30.2 Å². The van der Waals surface area contributed by atoms with Crippen LogP contribution in [0, 0.1) is 5.82 Å².